The van der Waals surface area contributed by atoms with E-state index in [1.54, 1.807) is 24.3 Å². The predicted octanol–water partition coefficient (Wildman–Crippen LogP) is 1.27. The molecule has 0 spiro atoms. The lowest BCUT2D eigenvalue weighted by Crippen LogP contribution is -2.37. The van der Waals surface area contributed by atoms with E-state index in [2.05, 4.69) is 10.6 Å². The quantitative estimate of drug-likeness (QED) is 0.663. The molecular weight excluding hydrogens is 312 g/mol. The van der Waals surface area contributed by atoms with Gasteiger partial charge in [-0.25, -0.2) is 0 Å². The molecule has 132 valence electrons. The molecule has 0 aliphatic rings. The van der Waals surface area contributed by atoms with Gasteiger partial charge in [0.05, 0.1) is 12.2 Å². The second kappa shape index (κ2) is 10.3. The van der Waals surface area contributed by atoms with Gasteiger partial charge in [0.1, 0.15) is 12.3 Å². The van der Waals surface area contributed by atoms with Crippen molar-refractivity contribution in [1.82, 2.24) is 10.6 Å². The van der Waals surface area contributed by atoms with Crippen molar-refractivity contribution in [1.29, 1.82) is 0 Å². The molecule has 0 unspecified atom stereocenters. The highest BCUT2D eigenvalue weighted by Crippen LogP contribution is 2.17. The van der Waals surface area contributed by atoms with Gasteiger partial charge < -0.3 is 20.1 Å². The largest absolute Gasteiger partial charge is 0.493 e. The van der Waals surface area contributed by atoms with Crippen molar-refractivity contribution < 1.29 is 23.9 Å². The van der Waals surface area contributed by atoms with E-state index in [4.69, 9.17) is 9.47 Å². The number of esters is 1. The fourth-order valence-electron chi connectivity index (χ4n) is 1.80. The molecule has 0 saturated heterocycles. The van der Waals surface area contributed by atoms with Crippen molar-refractivity contribution in [3.8, 4) is 5.75 Å². The third kappa shape index (κ3) is 6.68. The number of carbonyl (C=O) groups is 3. The summed E-state index contributed by atoms with van der Waals surface area (Å²) in [6, 6.07) is 6.76. The first kappa shape index (κ1) is 19.5. The zero-order valence-electron chi connectivity index (χ0n) is 14.3. The molecule has 2 N–H and O–H groups in total. The normalized spacial score (nSPS) is 11.3. The van der Waals surface area contributed by atoms with Crippen molar-refractivity contribution in [2.45, 2.75) is 33.2 Å². The van der Waals surface area contributed by atoms with E-state index >= 15 is 0 Å². The van der Waals surface area contributed by atoms with Gasteiger partial charge in [0.15, 0.2) is 6.61 Å². The summed E-state index contributed by atoms with van der Waals surface area (Å²) in [4.78, 5) is 35.2. The van der Waals surface area contributed by atoms with Gasteiger partial charge in [-0.15, -0.1) is 0 Å². The number of hydrogen-bond acceptors (Lipinski definition) is 5. The van der Waals surface area contributed by atoms with E-state index in [0.717, 1.165) is 6.42 Å². The second-order valence-corrected chi connectivity index (χ2v) is 5.15. The molecule has 1 aromatic rings. The van der Waals surface area contributed by atoms with Crippen LogP contribution in [-0.4, -0.2) is 43.6 Å². The number of benzene rings is 1. The SMILES string of the molecule is CCOc1ccccc1C(=O)NCC(=O)OCC(=O)N[C@H](C)CC. The average molecular weight is 336 g/mol. The molecule has 1 atom stereocenters. The fourth-order valence-corrected chi connectivity index (χ4v) is 1.80. The second-order valence-electron chi connectivity index (χ2n) is 5.15. The first-order valence-electron chi connectivity index (χ1n) is 7.92. The van der Waals surface area contributed by atoms with Gasteiger partial charge in [-0.1, -0.05) is 19.1 Å². The zero-order chi connectivity index (χ0) is 17.9. The van der Waals surface area contributed by atoms with Crippen LogP contribution in [-0.2, 0) is 14.3 Å². The summed E-state index contributed by atoms with van der Waals surface area (Å²) in [5.74, 6) is -1.05. The summed E-state index contributed by atoms with van der Waals surface area (Å²) in [7, 11) is 0. The van der Waals surface area contributed by atoms with Crippen molar-refractivity contribution in [2.75, 3.05) is 19.8 Å². The van der Waals surface area contributed by atoms with Crippen molar-refractivity contribution in [3.05, 3.63) is 29.8 Å². The van der Waals surface area contributed by atoms with Crippen LogP contribution >= 0.6 is 0 Å². The number of nitrogens with one attached hydrogen (secondary N) is 2. The maximum Gasteiger partial charge on any atom is 0.325 e. The Balaban J connectivity index is 2.42. The Labute approximate surface area is 141 Å². The van der Waals surface area contributed by atoms with Crippen molar-refractivity contribution in [2.24, 2.45) is 0 Å². The minimum atomic E-state index is -0.684. The van der Waals surface area contributed by atoms with E-state index in [9.17, 15) is 14.4 Å². The Morgan fingerprint density at radius 3 is 2.54 bits per heavy atom. The van der Waals surface area contributed by atoms with Crippen LogP contribution in [0.25, 0.3) is 0 Å². The summed E-state index contributed by atoms with van der Waals surface area (Å²) >= 11 is 0. The molecule has 0 aliphatic carbocycles. The van der Waals surface area contributed by atoms with E-state index in [-0.39, 0.29) is 25.1 Å². The summed E-state index contributed by atoms with van der Waals surface area (Å²) < 4.78 is 10.2. The molecule has 1 rings (SSSR count). The molecular formula is C17H24N2O5. The number of hydrogen-bond donors (Lipinski definition) is 2. The van der Waals surface area contributed by atoms with Gasteiger partial charge in [0, 0.05) is 6.04 Å². The molecule has 1 aromatic carbocycles. The highest BCUT2D eigenvalue weighted by molar-refractivity contribution is 5.98. The smallest absolute Gasteiger partial charge is 0.325 e. The van der Waals surface area contributed by atoms with E-state index < -0.39 is 11.9 Å². The van der Waals surface area contributed by atoms with Gasteiger partial charge in [0.25, 0.3) is 11.8 Å². The standard InChI is InChI=1S/C17H24N2O5/c1-4-12(3)19-15(20)11-24-16(21)10-18-17(22)13-8-6-7-9-14(13)23-5-2/h6-9,12H,4-5,10-11H2,1-3H3,(H,18,22)(H,19,20)/t12-/m1/s1. The topological polar surface area (TPSA) is 93.7 Å². The molecule has 7 nitrogen and oxygen atoms in total. The number of carbonyl (C=O) groups excluding carboxylic acids is 3. The van der Waals surface area contributed by atoms with E-state index in [0.29, 0.717) is 17.9 Å². The lowest BCUT2D eigenvalue weighted by atomic mass is 10.2. The Morgan fingerprint density at radius 1 is 1.17 bits per heavy atom. The number of ether oxygens (including phenoxy) is 2. The minimum Gasteiger partial charge on any atom is -0.493 e. The molecule has 0 radical (unpaired) electrons. The maximum absolute atomic E-state index is 12.1. The zero-order valence-corrected chi connectivity index (χ0v) is 14.3. The van der Waals surface area contributed by atoms with Crippen LogP contribution in [0.5, 0.6) is 5.75 Å². The molecule has 24 heavy (non-hydrogen) atoms. The van der Waals surface area contributed by atoms with Crippen LogP contribution in [0.3, 0.4) is 0 Å². The van der Waals surface area contributed by atoms with Gasteiger partial charge >= 0.3 is 5.97 Å². The highest BCUT2D eigenvalue weighted by atomic mass is 16.5. The summed E-state index contributed by atoms with van der Waals surface area (Å²) in [5.41, 5.74) is 0.335. The molecule has 0 bridgehead atoms. The third-order valence-electron chi connectivity index (χ3n) is 3.21. The van der Waals surface area contributed by atoms with Gasteiger partial charge in [-0.3, -0.25) is 14.4 Å². The van der Waals surface area contributed by atoms with Crippen molar-refractivity contribution >= 4 is 17.8 Å². The van der Waals surface area contributed by atoms with Crippen LogP contribution in [0.15, 0.2) is 24.3 Å². The first-order valence-corrected chi connectivity index (χ1v) is 7.92. The van der Waals surface area contributed by atoms with Crippen LogP contribution in [0.2, 0.25) is 0 Å². The fraction of sp³-hybridized carbons (Fsp3) is 0.471. The number of rotatable bonds is 9. The first-order chi connectivity index (χ1) is 11.5. The Kier molecular flexibility index (Phi) is 8.32. The molecule has 7 heteroatoms. The van der Waals surface area contributed by atoms with Crippen LogP contribution in [0.1, 0.15) is 37.6 Å². The number of para-hydroxylation sites is 1. The molecule has 0 fully saturated rings. The summed E-state index contributed by atoms with van der Waals surface area (Å²) in [5, 5.41) is 5.13. The van der Waals surface area contributed by atoms with Crippen LogP contribution in [0.4, 0.5) is 0 Å². The summed E-state index contributed by atoms with van der Waals surface area (Å²) in [6.45, 7) is 5.35. The van der Waals surface area contributed by atoms with Gasteiger partial charge in [-0.2, -0.15) is 0 Å². The molecule has 0 heterocycles. The molecule has 0 aliphatic heterocycles. The van der Waals surface area contributed by atoms with E-state index in [1.807, 2.05) is 20.8 Å². The average Bonchev–Trinajstić information content (AvgIpc) is 2.58. The molecule has 2 amide bonds. The Morgan fingerprint density at radius 2 is 1.88 bits per heavy atom. The van der Waals surface area contributed by atoms with E-state index in [1.165, 1.54) is 0 Å². The number of amides is 2. The molecule has 0 saturated carbocycles. The van der Waals surface area contributed by atoms with Crippen molar-refractivity contribution in [3.63, 3.8) is 0 Å². The lowest BCUT2D eigenvalue weighted by molar-refractivity contribution is -0.147. The van der Waals surface area contributed by atoms with Crippen LogP contribution in [0, 0.1) is 0 Å². The minimum absolute atomic E-state index is 0.0194. The predicted molar refractivity (Wildman–Crippen MR) is 88.8 cm³/mol. The maximum atomic E-state index is 12.1. The highest BCUT2D eigenvalue weighted by Gasteiger charge is 2.14. The Bertz CT molecular complexity index is 574. The van der Waals surface area contributed by atoms with Gasteiger partial charge in [-0.05, 0) is 32.4 Å². The molecule has 0 aromatic heterocycles. The third-order valence-corrected chi connectivity index (χ3v) is 3.21. The lowest BCUT2D eigenvalue weighted by Gasteiger charge is -2.12. The Hall–Kier alpha value is -2.57. The monoisotopic (exact) mass is 336 g/mol. The van der Waals surface area contributed by atoms with Crippen LogP contribution < -0.4 is 15.4 Å². The van der Waals surface area contributed by atoms with Gasteiger partial charge in [0.2, 0.25) is 0 Å². The summed E-state index contributed by atoms with van der Waals surface area (Å²) in [6.07, 6.45) is 0.787.